The Kier molecular flexibility index (Phi) is 3.40. The van der Waals surface area contributed by atoms with E-state index < -0.39 is 0 Å². The Morgan fingerprint density at radius 1 is 1.21 bits per heavy atom. The molecule has 3 aromatic rings. The highest BCUT2D eigenvalue weighted by Crippen LogP contribution is 2.30. The molecule has 0 aliphatic carbocycles. The third kappa shape index (κ3) is 2.72. The van der Waals surface area contributed by atoms with Gasteiger partial charge < -0.3 is 0 Å². The minimum absolute atomic E-state index is 0.843. The topological polar surface area (TPSA) is 38.7 Å². The van der Waals surface area contributed by atoms with E-state index in [1.54, 1.807) is 28.9 Å². The first-order valence-electron chi connectivity index (χ1n) is 6.00. The summed E-state index contributed by atoms with van der Waals surface area (Å²) in [7, 11) is 0. The van der Waals surface area contributed by atoms with E-state index in [0.717, 1.165) is 27.8 Å². The molecule has 0 N–H and O–H groups in total. The van der Waals surface area contributed by atoms with E-state index in [-0.39, 0.29) is 0 Å². The molecule has 0 aliphatic heterocycles. The lowest BCUT2D eigenvalue weighted by Gasteiger charge is -1.95. The molecule has 0 radical (unpaired) electrons. The fraction of sp³-hybridized carbons (Fsp3) is 0.214. The van der Waals surface area contributed by atoms with Crippen molar-refractivity contribution >= 4 is 22.7 Å². The number of aryl methyl sites for hydroxylation is 2. The second-order valence-corrected chi connectivity index (χ2v) is 6.46. The van der Waals surface area contributed by atoms with Crippen molar-refractivity contribution in [2.24, 2.45) is 0 Å². The molecule has 0 aliphatic rings. The summed E-state index contributed by atoms with van der Waals surface area (Å²) in [5, 5.41) is 4.33. The summed E-state index contributed by atoms with van der Waals surface area (Å²) in [6.07, 6.45) is 4.53. The molecule has 0 amide bonds. The molecule has 0 unspecified atom stereocenters. The van der Waals surface area contributed by atoms with Crippen LogP contribution >= 0.6 is 22.7 Å². The average molecular weight is 287 g/mol. The number of aromatic nitrogens is 3. The van der Waals surface area contributed by atoms with E-state index in [9.17, 15) is 0 Å². The van der Waals surface area contributed by atoms with Crippen molar-refractivity contribution in [3.8, 4) is 10.6 Å². The monoisotopic (exact) mass is 287 g/mol. The van der Waals surface area contributed by atoms with Crippen LogP contribution in [0, 0.1) is 13.8 Å². The molecule has 96 valence electrons. The minimum atomic E-state index is 0.843. The van der Waals surface area contributed by atoms with Gasteiger partial charge in [-0.1, -0.05) is 6.07 Å². The van der Waals surface area contributed by atoms with Gasteiger partial charge in [0.05, 0.1) is 26.3 Å². The molecule has 19 heavy (non-hydrogen) atoms. The Balaban J connectivity index is 1.86. The molecule has 5 heteroatoms. The Bertz CT molecular complexity index is 686. The van der Waals surface area contributed by atoms with Gasteiger partial charge in [0, 0.05) is 24.2 Å². The number of rotatable bonds is 3. The second kappa shape index (κ2) is 5.19. The molecule has 0 spiro atoms. The number of thiazole rings is 2. The van der Waals surface area contributed by atoms with Gasteiger partial charge >= 0.3 is 0 Å². The van der Waals surface area contributed by atoms with Crippen molar-refractivity contribution < 1.29 is 0 Å². The fourth-order valence-electron chi connectivity index (χ4n) is 1.94. The fourth-order valence-corrected chi connectivity index (χ4v) is 3.72. The van der Waals surface area contributed by atoms with Crippen LogP contribution < -0.4 is 0 Å². The quantitative estimate of drug-likeness (QED) is 0.734. The van der Waals surface area contributed by atoms with Crippen LogP contribution in [0.3, 0.4) is 0 Å². The lowest BCUT2D eigenvalue weighted by molar-refractivity contribution is 1.11. The average Bonchev–Trinajstić information content (AvgIpc) is 2.97. The molecule has 3 aromatic heterocycles. The summed E-state index contributed by atoms with van der Waals surface area (Å²) in [5.41, 5.74) is 3.31. The molecule has 0 atom stereocenters. The van der Waals surface area contributed by atoms with Crippen LogP contribution in [0.4, 0.5) is 0 Å². The Hall–Kier alpha value is -1.59. The van der Waals surface area contributed by atoms with Crippen LogP contribution in [0.5, 0.6) is 0 Å². The van der Waals surface area contributed by atoms with Gasteiger partial charge in [0.15, 0.2) is 0 Å². The van der Waals surface area contributed by atoms with Crippen molar-refractivity contribution in [3.63, 3.8) is 0 Å². The summed E-state index contributed by atoms with van der Waals surface area (Å²) in [5.74, 6) is 0. The van der Waals surface area contributed by atoms with Gasteiger partial charge in [-0.3, -0.25) is 4.98 Å². The summed E-state index contributed by atoms with van der Waals surface area (Å²) in [6.45, 7) is 4.07. The van der Waals surface area contributed by atoms with Gasteiger partial charge in [-0.2, -0.15) is 0 Å². The predicted molar refractivity (Wildman–Crippen MR) is 79.7 cm³/mol. The summed E-state index contributed by atoms with van der Waals surface area (Å²) < 4.78 is 0. The number of pyridine rings is 1. The van der Waals surface area contributed by atoms with Crippen molar-refractivity contribution in [3.05, 3.63) is 51.2 Å². The SMILES string of the molecule is Cc1nc(C)c(-c2csc(Cc3cccnc3)n2)s1. The Morgan fingerprint density at radius 2 is 2.11 bits per heavy atom. The van der Waals surface area contributed by atoms with Crippen LogP contribution in [-0.2, 0) is 6.42 Å². The van der Waals surface area contributed by atoms with E-state index in [1.807, 2.05) is 26.1 Å². The molecule has 0 fully saturated rings. The maximum absolute atomic E-state index is 4.71. The highest BCUT2D eigenvalue weighted by atomic mass is 32.1. The first kappa shape index (κ1) is 12.4. The van der Waals surface area contributed by atoms with Gasteiger partial charge in [-0.15, -0.1) is 22.7 Å². The molecule has 0 bridgehead atoms. The van der Waals surface area contributed by atoms with Crippen LogP contribution in [0.25, 0.3) is 10.6 Å². The van der Waals surface area contributed by atoms with E-state index in [0.29, 0.717) is 0 Å². The van der Waals surface area contributed by atoms with Gasteiger partial charge in [0.1, 0.15) is 0 Å². The molecule has 3 heterocycles. The number of hydrogen-bond acceptors (Lipinski definition) is 5. The predicted octanol–water partition coefficient (Wildman–Crippen LogP) is 3.87. The molecule has 3 rings (SSSR count). The van der Waals surface area contributed by atoms with Crippen molar-refractivity contribution in [2.45, 2.75) is 20.3 Å². The number of hydrogen-bond donors (Lipinski definition) is 0. The van der Waals surface area contributed by atoms with E-state index in [1.165, 1.54) is 10.4 Å². The normalized spacial score (nSPS) is 10.8. The highest BCUT2D eigenvalue weighted by molar-refractivity contribution is 7.15. The maximum atomic E-state index is 4.71. The molecule has 0 saturated heterocycles. The zero-order chi connectivity index (χ0) is 13.2. The van der Waals surface area contributed by atoms with Crippen molar-refractivity contribution in [2.75, 3.05) is 0 Å². The van der Waals surface area contributed by atoms with Gasteiger partial charge in [-0.05, 0) is 25.5 Å². The third-order valence-corrected chi connectivity index (χ3v) is 4.71. The minimum Gasteiger partial charge on any atom is -0.264 e. The summed E-state index contributed by atoms with van der Waals surface area (Å²) in [4.78, 5) is 14.5. The Labute approximate surface area is 120 Å². The van der Waals surface area contributed by atoms with Crippen molar-refractivity contribution in [1.82, 2.24) is 15.0 Å². The summed E-state index contributed by atoms with van der Waals surface area (Å²) in [6, 6.07) is 4.04. The van der Waals surface area contributed by atoms with Crippen molar-refractivity contribution in [1.29, 1.82) is 0 Å². The molecule has 3 nitrogen and oxygen atoms in total. The Morgan fingerprint density at radius 3 is 2.79 bits per heavy atom. The maximum Gasteiger partial charge on any atom is 0.0977 e. The highest BCUT2D eigenvalue weighted by Gasteiger charge is 2.11. The smallest absolute Gasteiger partial charge is 0.0977 e. The first-order valence-corrected chi connectivity index (χ1v) is 7.69. The largest absolute Gasteiger partial charge is 0.264 e. The lowest BCUT2D eigenvalue weighted by atomic mass is 10.2. The second-order valence-electron chi connectivity index (χ2n) is 4.31. The molecular formula is C14H13N3S2. The molecular weight excluding hydrogens is 274 g/mol. The van der Waals surface area contributed by atoms with E-state index in [2.05, 4.69) is 21.4 Å². The van der Waals surface area contributed by atoms with E-state index in [4.69, 9.17) is 4.98 Å². The van der Waals surface area contributed by atoms with Gasteiger partial charge in [0.25, 0.3) is 0 Å². The number of nitrogens with zero attached hydrogens (tertiary/aromatic N) is 3. The molecule has 0 aromatic carbocycles. The van der Waals surface area contributed by atoms with Crippen LogP contribution in [0.15, 0.2) is 29.9 Å². The zero-order valence-corrected chi connectivity index (χ0v) is 12.4. The molecule has 0 saturated carbocycles. The van der Waals surface area contributed by atoms with Crippen LogP contribution in [0.1, 0.15) is 21.3 Å². The summed E-state index contributed by atoms with van der Waals surface area (Å²) >= 11 is 3.40. The van der Waals surface area contributed by atoms with E-state index >= 15 is 0 Å². The standard InChI is InChI=1S/C14H13N3S2/c1-9-14(19-10(2)16-9)12-8-18-13(17-12)6-11-4-3-5-15-7-11/h3-5,7-8H,6H2,1-2H3. The lowest BCUT2D eigenvalue weighted by Crippen LogP contribution is -1.88. The first-order chi connectivity index (χ1) is 9.22. The van der Waals surface area contributed by atoms with Crippen LogP contribution in [0.2, 0.25) is 0 Å². The van der Waals surface area contributed by atoms with Gasteiger partial charge in [0.2, 0.25) is 0 Å². The van der Waals surface area contributed by atoms with Gasteiger partial charge in [-0.25, -0.2) is 9.97 Å². The third-order valence-electron chi connectivity index (χ3n) is 2.77. The zero-order valence-electron chi connectivity index (χ0n) is 10.8. The van der Waals surface area contributed by atoms with Crippen LogP contribution in [-0.4, -0.2) is 15.0 Å².